The number of ether oxygens (including phenoxy) is 1. The number of halogens is 2. The van der Waals surface area contributed by atoms with Crippen molar-refractivity contribution < 1.29 is 9.13 Å². The fourth-order valence-corrected chi connectivity index (χ4v) is 3.40. The smallest absolute Gasteiger partial charge is 0.191 e. The van der Waals surface area contributed by atoms with Crippen molar-refractivity contribution in [2.75, 3.05) is 58.3 Å². The number of hydrogen-bond donors (Lipinski definition) is 2. The number of nitrogens with zero attached hydrogens (tertiary/aromatic N) is 3. The summed E-state index contributed by atoms with van der Waals surface area (Å²) in [6.45, 7) is 6.37. The molecule has 2 N–H and O–H groups in total. The number of benzene rings is 2. The van der Waals surface area contributed by atoms with Crippen molar-refractivity contribution in [1.29, 1.82) is 0 Å². The quantitative estimate of drug-likeness (QED) is 0.330. The Morgan fingerprint density at radius 3 is 2.47 bits per heavy atom. The van der Waals surface area contributed by atoms with E-state index < -0.39 is 0 Å². The Morgan fingerprint density at radius 2 is 1.80 bits per heavy atom. The summed E-state index contributed by atoms with van der Waals surface area (Å²) in [5.74, 6) is 1.46. The van der Waals surface area contributed by atoms with E-state index in [4.69, 9.17) is 4.74 Å². The monoisotopic (exact) mass is 527 g/mol. The van der Waals surface area contributed by atoms with Gasteiger partial charge in [0, 0.05) is 58.5 Å². The van der Waals surface area contributed by atoms with Crippen LogP contribution in [-0.4, -0.2) is 64.3 Å². The summed E-state index contributed by atoms with van der Waals surface area (Å²) in [7, 11) is 3.45. The number of hydrogen-bond acceptors (Lipinski definition) is 4. The highest BCUT2D eigenvalue weighted by Gasteiger charge is 2.16. The molecule has 0 radical (unpaired) electrons. The van der Waals surface area contributed by atoms with E-state index in [1.807, 2.05) is 30.3 Å². The Morgan fingerprint density at radius 1 is 1.07 bits per heavy atom. The van der Waals surface area contributed by atoms with Crippen molar-refractivity contribution >= 4 is 35.6 Å². The molecule has 164 valence electrons. The normalized spacial score (nSPS) is 14.8. The molecule has 0 aliphatic carbocycles. The molecule has 30 heavy (non-hydrogen) atoms. The van der Waals surface area contributed by atoms with Gasteiger partial charge in [0.15, 0.2) is 5.96 Å². The predicted molar refractivity (Wildman–Crippen MR) is 132 cm³/mol. The van der Waals surface area contributed by atoms with Gasteiger partial charge in [-0.1, -0.05) is 12.1 Å². The minimum Gasteiger partial charge on any atom is -0.497 e. The van der Waals surface area contributed by atoms with E-state index in [0.29, 0.717) is 6.54 Å². The van der Waals surface area contributed by atoms with Gasteiger partial charge in [-0.05, 0) is 42.0 Å². The molecule has 1 aliphatic rings. The predicted octanol–water partition coefficient (Wildman–Crippen LogP) is 2.94. The molecule has 8 heteroatoms. The lowest BCUT2D eigenvalue weighted by atomic mass is 10.2. The zero-order chi connectivity index (χ0) is 20.5. The van der Waals surface area contributed by atoms with Crippen LogP contribution in [0.1, 0.15) is 5.56 Å². The Balaban J connectivity index is 0.00000320. The van der Waals surface area contributed by atoms with E-state index in [-0.39, 0.29) is 29.8 Å². The highest BCUT2D eigenvalue weighted by atomic mass is 127. The first-order chi connectivity index (χ1) is 14.2. The van der Waals surface area contributed by atoms with E-state index in [1.165, 1.54) is 12.1 Å². The van der Waals surface area contributed by atoms with Crippen LogP contribution in [0.2, 0.25) is 0 Å². The number of methoxy groups -OCH3 is 1. The Kier molecular flexibility index (Phi) is 10.2. The number of aliphatic imine (C=N–C) groups is 1. The topological polar surface area (TPSA) is 52.1 Å². The van der Waals surface area contributed by atoms with Gasteiger partial charge in [-0.3, -0.25) is 9.89 Å². The molecule has 6 nitrogen and oxygen atoms in total. The van der Waals surface area contributed by atoms with Crippen LogP contribution in [0, 0.1) is 5.82 Å². The van der Waals surface area contributed by atoms with Crippen LogP contribution in [0.4, 0.5) is 10.1 Å². The van der Waals surface area contributed by atoms with Crippen LogP contribution in [-0.2, 0) is 6.54 Å². The highest BCUT2D eigenvalue weighted by Crippen LogP contribution is 2.16. The van der Waals surface area contributed by atoms with Gasteiger partial charge in [-0.25, -0.2) is 4.39 Å². The van der Waals surface area contributed by atoms with E-state index >= 15 is 0 Å². The molecular formula is C22H31FIN5O. The summed E-state index contributed by atoms with van der Waals surface area (Å²) in [5, 5.41) is 6.71. The van der Waals surface area contributed by atoms with Gasteiger partial charge < -0.3 is 20.3 Å². The molecule has 0 amide bonds. The molecule has 0 bridgehead atoms. The average molecular weight is 527 g/mol. The second-order valence-corrected chi connectivity index (χ2v) is 7.01. The first-order valence-corrected chi connectivity index (χ1v) is 9.98. The third kappa shape index (κ3) is 7.32. The molecule has 2 aromatic rings. The van der Waals surface area contributed by atoms with Crippen molar-refractivity contribution in [3.8, 4) is 5.75 Å². The zero-order valence-electron chi connectivity index (χ0n) is 17.6. The number of guanidine groups is 1. The van der Waals surface area contributed by atoms with E-state index in [9.17, 15) is 4.39 Å². The lowest BCUT2D eigenvalue weighted by Crippen LogP contribution is -2.49. The van der Waals surface area contributed by atoms with Gasteiger partial charge in [-0.2, -0.15) is 0 Å². The standard InChI is InChI=1S/C22H30FN5O.HI/c1-24-22(26-17-18-4-3-5-21(16-18)29-2)25-10-11-27-12-14-28(15-13-27)20-8-6-19(23)7-9-20;/h3-9,16H,10-15,17H2,1-2H3,(H2,24,25,26);1H. The SMILES string of the molecule is CN=C(NCCN1CCN(c2ccc(F)cc2)CC1)NCc1cccc(OC)c1.I. The lowest BCUT2D eigenvalue weighted by molar-refractivity contribution is 0.261. The molecule has 1 aliphatic heterocycles. The van der Waals surface area contributed by atoms with Gasteiger partial charge in [0.2, 0.25) is 0 Å². The van der Waals surface area contributed by atoms with Gasteiger partial charge in [0.1, 0.15) is 11.6 Å². The molecule has 1 fully saturated rings. The van der Waals surface area contributed by atoms with Gasteiger partial charge in [-0.15, -0.1) is 24.0 Å². The van der Waals surface area contributed by atoms with Gasteiger partial charge >= 0.3 is 0 Å². The zero-order valence-corrected chi connectivity index (χ0v) is 19.9. The van der Waals surface area contributed by atoms with Crippen molar-refractivity contribution in [2.24, 2.45) is 4.99 Å². The Labute approximate surface area is 195 Å². The first kappa shape index (κ1) is 24.2. The molecule has 1 heterocycles. The molecular weight excluding hydrogens is 496 g/mol. The summed E-state index contributed by atoms with van der Waals surface area (Å²) in [6.07, 6.45) is 0. The van der Waals surface area contributed by atoms with Crippen LogP contribution in [0.3, 0.4) is 0 Å². The number of piperazine rings is 1. The average Bonchev–Trinajstić information content (AvgIpc) is 2.77. The highest BCUT2D eigenvalue weighted by molar-refractivity contribution is 14.0. The molecule has 3 rings (SSSR count). The number of rotatable bonds is 7. The van der Waals surface area contributed by atoms with Gasteiger partial charge in [0.05, 0.1) is 7.11 Å². The van der Waals surface area contributed by atoms with E-state index in [1.54, 1.807) is 14.2 Å². The summed E-state index contributed by atoms with van der Waals surface area (Å²) in [4.78, 5) is 9.03. The third-order valence-electron chi connectivity index (χ3n) is 5.10. The van der Waals surface area contributed by atoms with Crippen LogP contribution in [0.15, 0.2) is 53.5 Å². The van der Waals surface area contributed by atoms with Crippen molar-refractivity contribution in [1.82, 2.24) is 15.5 Å². The summed E-state index contributed by atoms with van der Waals surface area (Å²) in [5.41, 5.74) is 2.23. The molecule has 0 aromatic heterocycles. The number of nitrogens with one attached hydrogen (secondary N) is 2. The first-order valence-electron chi connectivity index (χ1n) is 9.98. The van der Waals surface area contributed by atoms with Crippen LogP contribution < -0.4 is 20.3 Å². The maximum Gasteiger partial charge on any atom is 0.191 e. The van der Waals surface area contributed by atoms with Crippen LogP contribution >= 0.6 is 24.0 Å². The minimum absolute atomic E-state index is 0. The minimum atomic E-state index is -0.188. The summed E-state index contributed by atoms with van der Waals surface area (Å²) >= 11 is 0. The molecule has 2 aromatic carbocycles. The van der Waals surface area contributed by atoms with E-state index in [2.05, 4.69) is 31.5 Å². The Hall–Kier alpha value is -2.07. The van der Waals surface area contributed by atoms with Crippen molar-refractivity contribution in [2.45, 2.75) is 6.54 Å². The van der Waals surface area contributed by atoms with Crippen LogP contribution in [0.25, 0.3) is 0 Å². The fraction of sp³-hybridized carbons (Fsp3) is 0.409. The second-order valence-electron chi connectivity index (χ2n) is 7.01. The van der Waals surface area contributed by atoms with E-state index in [0.717, 1.165) is 62.2 Å². The molecule has 0 spiro atoms. The van der Waals surface area contributed by atoms with Crippen LogP contribution in [0.5, 0.6) is 5.75 Å². The molecule has 0 saturated carbocycles. The maximum atomic E-state index is 13.1. The molecule has 0 unspecified atom stereocenters. The molecule has 1 saturated heterocycles. The third-order valence-corrected chi connectivity index (χ3v) is 5.10. The summed E-state index contributed by atoms with van der Waals surface area (Å²) in [6, 6.07) is 14.7. The van der Waals surface area contributed by atoms with Crippen molar-refractivity contribution in [3.63, 3.8) is 0 Å². The fourth-order valence-electron chi connectivity index (χ4n) is 3.40. The lowest BCUT2D eigenvalue weighted by Gasteiger charge is -2.36. The maximum absolute atomic E-state index is 13.1. The van der Waals surface area contributed by atoms with Crippen molar-refractivity contribution in [3.05, 3.63) is 59.9 Å². The summed E-state index contributed by atoms with van der Waals surface area (Å²) < 4.78 is 18.3. The molecule has 0 atom stereocenters. The Bertz CT molecular complexity index is 794. The largest absolute Gasteiger partial charge is 0.497 e. The van der Waals surface area contributed by atoms with Gasteiger partial charge in [0.25, 0.3) is 0 Å². The second kappa shape index (κ2) is 12.6. The number of anilines is 1.